The van der Waals surface area contributed by atoms with Gasteiger partial charge in [-0.2, -0.15) is 5.26 Å². The number of sulfone groups is 1. The molecule has 4 nitrogen and oxygen atoms in total. The van der Waals surface area contributed by atoms with Crippen molar-refractivity contribution in [2.24, 2.45) is 0 Å². The molecule has 1 aliphatic rings. The molecule has 19 heavy (non-hydrogen) atoms. The third kappa shape index (κ3) is 2.71. The van der Waals surface area contributed by atoms with E-state index in [1.807, 2.05) is 0 Å². The number of nitrogens with one attached hydrogen (secondary N) is 1. The molecule has 0 spiro atoms. The highest BCUT2D eigenvalue weighted by molar-refractivity contribution is 7.91. The second-order valence-electron chi connectivity index (χ2n) is 4.93. The normalized spacial score (nSPS) is 26.9. The van der Waals surface area contributed by atoms with Gasteiger partial charge < -0.3 is 5.32 Å². The van der Waals surface area contributed by atoms with E-state index in [4.69, 9.17) is 0 Å². The molecular formula is C13H15FN2O2S. The summed E-state index contributed by atoms with van der Waals surface area (Å²) in [6.07, 6.45) is 2.70. The molecule has 1 N–H and O–H groups in total. The first-order chi connectivity index (χ1) is 8.87. The first-order valence-electron chi connectivity index (χ1n) is 6.01. The third-order valence-electron chi connectivity index (χ3n) is 3.50. The summed E-state index contributed by atoms with van der Waals surface area (Å²) in [5, 5.41) is 11.6. The van der Waals surface area contributed by atoms with Gasteiger partial charge in [0.15, 0.2) is 9.84 Å². The predicted octanol–water partition coefficient (Wildman–Crippen LogP) is 2.10. The summed E-state index contributed by atoms with van der Waals surface area (Å²) in [4.78, 5) is 0. The largest absolute Gasteiger partial charge is 0.366 e. The first-order valence-corrected chi connectivity index (χ1v) is 7.97. The molecule has 0 heterocycles. The summed E-state index contributed by atoms with van der Waals surface area (Å²) >= 11 is 0. The van der Waals surface area contributed by atoms with Crippen LogP contribution in [0.25, 0.3) is 0 Å². The maximum absolute atomic E-state index is 13.2. The fraction of sp³-hybridized carbons (Fsp3) is 0.462. The van der Waals surface area contributed by atoms with E-state index in [2.05, 4.69) is 11.4 Å². The monoisotopic (exact) mass is 282 g/mol. The molecule has 2 rings (SSSR count). The van der Waals surface area contributed by atoms with Crippen LogP contribution >= 0.6 is 0 Å². The average molecular weight is 282 g/mol. The molecular weight excluding hydrogens is 267 g/mol. The van der Waals surface area contributed by atoms with Crippen molar-refractivity contribution in [3.05, 3.63) is 30.1 Å². The fourth-order valence-corrected chi connectivity index (χ4v) is 4.23. The van der Waals surface area contributed by atoms with Crippen LogP contribution < -0.4 is 5.32 Å². The lowest BCUT2D eigenvalue weighted by Crippen LogP contribution is -2.47. The van der Waals surface area contributed by atoms with E-state index in [9.17, 15) is 18.1 Å². The molecule has 0 aromatic heterocycles. The third-order valence-corrected chi connectivity index (χ3v) is 5.17. The van der Waals surface area contributed by atoms with Crippen LogP contribution in [0.4, 0.5) is 10.1 Å². The van der Waals surface area contributed by atoms with E-state index in [1.165, 1.54) is 18.2 Å². The topological polar surface area (TPSA) is 70.0 Å². The Morgan fingerprint density at radius 1 is 1.53 bits per heavy atom. The SMILES string of the molecule is CS(=O)(=O)C1CCCC1(C#N)Nc1cccc(F)c1. The number of nitriles is 1. The minimum Gasteiger partial charge on any atom is -0.366 e. The lowest BCUT2D eigenvalue weighted by atomic mass is 9.99. The van der Waals surface area contributed by atoms with E-state index in [0.717, 1.165) is 6.26 Å². The number of rotatable bonds is 3. The second-order valence-corrected chi connectivity index (χ2v) is 7.16. The van der Waals surface area contributed by atoms with Crippen LogP contribution in [0.3, 0.4) is 0 Å². The van der Waals surface area contributed by atoms with Crippen LogP contribution in [0.1, 0.15) is 19.3 Å². The van der Waals surface area contributed by atoms with Crippen LogP contribution in [-0.4, -0.2) is 25.5 Å². The fourth-order valence-electron chi connectivity index (χ4n) is 2.68. The van der Waals surface area contributed by atoms with Gasteiger partial charge in [0, 0.05) is 11.9 Å². The highest BCUT2D eigenvalue weighted by Crippen LogP contribution is 2.37. The second kappa shape index (κ2) is 4.82. The van der Waals surface area contributed by atoms with Crippen molar-refractivity contribution >= 4 is 15.5 Å². The zero-order valence-corrected chi connectivity index (χ0v) is 11.4. The van der Waals surface area contributed by atoms with Crippen molar-refractivity contribution in [1.82, 2.24) is 0 Å². The van der Waals surface area contributed by atoms with Crippen LogP contribution in [-0.2, 0) is 9.84 Å². The molecule has 0 aliphatic heterocycles. The lowest BCUT2D eigenvalue weighted by molar-refractivity contribution is 0.551. The quantitative estimate of drug-likeness (QED) is 0.921. The van der Waals surface area contributed by atoms with Gasteiger partial charge in [-0.25, -0.2) is 12.8 Å². The van der Waals surface area contributed by atoms with Crippen molar-refractivity contribution in [3.8, 4) is 6.07 Å². The number of benzene rings is 1. The molecule has 2 unspecified atom stereocenters. The Balaban J connectivity index is 2.36. The van der Waals surface area contributed by atoms with Crippen LogP contribution in [0.5, 0.6) is 0 Å². The molecule has 2 atom stereocenters. The average Bonchev–Trinajstić information content (AvgIpc) is 2.73. The number of anilines is 1. The molecule has 1 aromatic rings. The van der Waals surface area contributed by atoms with Gasteiger partial charge in [0.1, 0.15) is 11.4 Å². The molecule has 1 aromatic carbocycles. The molecule has 1 fully saturated rings. The van der Waals surface area contributed by atoms with Crippen molar-refractivity contribution in [2.75, 3.05) is 11.6 Å². The molecule has 1 saturated carbocycles. The molecule has 0 radical (unpaired) electrons. The smallest absolute Gasteiger partial charge is 0.153 e. The van der Waals surface area contributed by atoms with Crippen molar-refractivity contribution in [2.45, 2.75) is 30.1 Å². The van der Waals surface area contributed by atoms with Crippen molar-refractivity contribution < 1.29 is 12.8 Å². The Kier molecular flexibility index (Phi) is 3.50. The van der Waals surface area contributed by atoms with Gasteiger partial charge in [0.2, 0.25) is 0 Å². The minimum atomic E-state index is -3.33. The lowest BCUT2D eigenvalue weighted by Gasteiger charge is -2.29. The molecule has 1 aliphatic carbocycles. The highest BCUT2D eigenvalue weighted by Gasteiger charge is 2.48. The summed E-state index contributed by atoms with van der Waals surface area (Å²) < 4.78 is 36.8. The Hall–Kier alpha value is -1.61. The Morgan fingerprint density at radius 3 is 2.84 bits per heavy atom. The van der Waals surface area contributed by atoms with Crippen molar-refractivity contribution in [1.29, 1.82) is 5.26 Å². The molecule has 0 amide bonds. The Morgan fingerprint density at radius 2 is 2.26 bits per heavy atom. The number of hydrogen-bond acceptors (Lipinski definition) is 4. The van der Waals surface area contributed by atoms with Gasteiger partial charge in [-0.1, -0.05) is 6.07 Å². The van der Waals surface area contributed by atoms with Crippen LogP contribution in [0.15, 0.2) is 24.3 Å². The summed E-state index contributed by atoms with van der Waals surface area (Å²) in [6.45, 7) is 0. The Bertz CT molecular complexity index is 624. The van der Waals surface area contributed by atoms with E-state index in [0.29, 0.717) is 24.9 Å². The maximum Gasteiger partial charge on any atom is 0.153 e. The van der Waals surface area contributed by atoms with Gasteiger partial charge in [-0.05, 0) is 37.5 Å². The molecule has 0 bridgehead atoms. The first kappa shape index (κ1) is 13.8. The van der Waals surface area contributed by atoms with Gasteiger partial charge in [0.25, 0.3) is 0 Å². The molecule has 6 heteroatoms. The van der Waals surface area contributed by atoms with E-state index in [-0.39, 0.29) is 0 Å². The van der Waals surface area contributed by atoms with Crippen molar-refractivity contribution in [3.63, 3.8) is 0 Å². The number of nitrogens with zero attached hydrogens (tertiary/aromatic N) is 1. The standard InChI is InChI=1S/C13H15FN2O2S/c1-19(17,18)12-6-3-7-13(12,9-15)16-11-5-2-4-10(14)8-11/h2,4-5,8,12,16H,3,6-7H2,1H3. The van der Waals surface area contributed by atoms with Gasteiger partial charge in [0.05, 0.1) is 11.3 Å². The van der Waals surface area contributed by atoms with Gasteiger partial charge in [-0.3, -0.25) is 0 Å². The minimum absolute atomic E-state index is 0.424. The zero-order chi connectivity index (χ0) is 14.1. The Labute approximate surface area is 112 Å². The van der Waals surface area contributed by atoms with Crippen LogP contribution in [0.2, 0.25) is 0 Å². The van der Waals surface area contributed by atoms with Crippen LogP contribution in [0, 0.1) is 17.1 Å². The molecule has 0 saturated heterocycles. The maximum atomic E-state index is 13.2. The van der Waals surface area contributed by atoms with Gasteiger partial charge >= 0.3 is 0 Å². The summed E-state index contributed by atoms with van der Waals surface area (Å²) in [5.41, 5.74) is -0.737. The predicted molar refractivity (Wildman–Crippen MR) is 70.8 cm³/mol. The van der Waals surface area contributed by atoms with E-state index < -0.39 is 26.4 Å². The summed E-state index contributed by atoms with van der Waals surface area (Å²) in [6, 6.07) is 7.79. The molecule has 102 valence electrons. The zero-order valence-electron chi connectivity index (χ0n) is 10.6. The number of hydrogen-bond donors (Lipinski definition) is 1. The highest BCUT2D eigenvalue weighted by atomic mass is 32.2. The van der Waals surface area contributed by atoms with E-state index in [1.54, 1.807) is 6.07 Å². The summed E-state index contributed by atoms with van der Waals surface area (Å²) in [7, 11) is -3.33. The number of halogens is 1. The summed E-state index contributed by atoms with van der Waals surface area (Å²) in [5.74, 6) is -0.424. The van der Waals surface area contributed by atoms with E-state index >= 15 is 0 Å². The van der Waals surface area contributed by atoms with Gasteiger partial charge in [-0.15, -0.1) is 0 Å².